The van der Waals surface area contributed by atoms with Gasteiger partial charge in [-0.15, -0.1) is 0 Å². The number of piperazine rings is 1. The van der Waals surface area contributed by atoms with E-state index in [0.717, 1.165) is 0 Å². The maximum absolute atomic E-state index is 16.2. The van der Waals surface area contributed by atoms with E-state index in [1.54, 1.807) is 17.9 Å². The van der Waals surface area contributed by atoms with E-state index in [1.807, 2.05) is 39.5 Å². The van der Waals surface area contributed by atoms with Crippen molar-refractivity contribution in [1.82, 2.24) is 14.9 Å². The minimum atomic E-state index is -1.13. The van der Waals surface area contributed by atoms with Gasteiger partial charge in [0.05, 0.1) is 10.6 Å². The van der Waals surface area contributed by atoms with Crippen LogP contribution in [0.5, 0.6) is 0 Å². The number of carbonyl (C=O) groups is 1. The first-order chi connectivity index (χ1) is 17.7. The molecule has 1 aromatic carbocycles. The zero-order chi connectivity index (χ0) is 28.2. The van der Waals surface area contributed by atoms with Gasteiger partial charge in [-0.25, -0.2) is 18.6 Å². The summed E-state index contributed by atoms with van der Waals surface area (Å²) in [6.45, 7) is 11.7. The summed E-state index contributed by atoms with van der Waals surface area (Å²) < 4.78 is 42.4. The van der Waals surface area contributed by atoms with E-state index in [2.05, 4.69) is 9.97 Å². The Labute approximate surface area is 231 Å². The lowest BCUT2D eigenvalue weighted by Crippen LogP contribution is -2.59. The van der Waals surface area contributed by atoms with E-state index in [9.17, 15) is 4.79 Å². The normalized spacial score (nSPS) is 24.4. The summed E-state index contributed by atoms with van der Waals surface area (Å²) in [4.78, 5) is 25.0. The topological polar surface area (TPSA) is 67.8 Å². The molecule has 0 N–H and O–H groups in total. The van der Waals surface area contributed by atoms with Gasteiger partial charge in [0.1, 0.15) is 22.8 Å². The zero-order valence-corrected chi connectivity index (χ0v) is 24.0. The molecular weight excluding hydrogens is 537 g/mol. The third-order valence-corrected chi connectivity index (χ3v) is 7.43. The molecular formula is C27H32Cl2F2N4O3. The number of benzene rings is 1. The van der Waals surface area contributed by atoms with Crippen molar-refractivity contribution < 1.29 is 23.0 Å². The van der Waals surface area contributed by atoms with Crippen LogP contribution in [0.4, 0.5) is 19.4 Å². The van der Waals surface area contributed by atoms with E-state index < -0.39 is 28.9 Å². The number of carbonyl (C=O) groups excluding carboxylic acids is 1. The molecule has 2 aliphatic rings. The van der Waals surface area contributed by atoms with Crippen molar-refractivity contribution in [3.8, 4) is 0 Å². The summed E-state index contributed by atoms with van der Waals surface area (Å²) in [5, 5.41) is 0.164. The molecule has 0 spiro atoms. The molecule has 1 amide bonds. The Morgan fingerprint density at radius 2 is 1.84 bits per heavy atom. The van der Waals surface area contributed by atoms with Crippen molar-refractivity contribution >= 4 is 51.6 Å². The van der Waals surface area contributed by atoms with Crippen LogP contribution in [-0.4, -0.2) is 64.4 Å². The Kier molecular flexibility index (Phi) is 7.69. The van der Waals surface area contributed by atoms with Crippen LogP contribution in [-0.2, 0) is 9.47 Å². The Bertz CT molecular complexity index is 1340. The first-order valence-corrected chi connectivity index (χ1v) is 13.2. The maximum Gasteiger partial charge on any atom is 0.410 e. The standard InChI is InChI=1S/C27H32Cl2F2N4O3/c1-14-13-35(25(36)38-26(3,4)5)15(2)12-34(14)23-16-11-17(28)19(21(31)22(16)32-24(29)33-23)20-18(30)9-8-10-27(20,6)37-7/h8-9,11,14-15H,10,12-13H2,1-7H3/t14-,15+,27?/m0/s1. The molecule has 1 aliphatic heterocycles. The number of ether oxygens (including phenoxy) is 2. The highest BCUT2D eigenvalue weighted by Gasteiger charge is 2.39. The number of anilines is 1. The molecule has 1 aliphatic carbocycles. The maximum atomic E-state index is 16.2. The van der Waals surface area contributed by atoms with Crippen LogP contribution < -0.4 is 4.90 Å². The molecule has 3 atom stereocenters. The molecule has 0 saturated carbocycles. The molecule has 2 heterocycles. The minimum Gasteiger partial charge on any atom is -0.444 e. The summed E-state index contributed by atoms with van der Waals surface area (Å²) in [6.07, 6.45) is 2.85. The monoisotopic (exact) mass is 568 g/mol. The Morgan fingerprint density at radius 3 is 2.47 bits per heavy atom. The van der Waals surface area contributed by atoms with Crippen LogP contribution in [0.2, 0.25) is 10.3 Å². The lowest BCUT2D eigenvalue weighted by atomic mass is 9.82. The smallest absolute Gasteiger partial charge is 0.410 e. The number of hydrogen-bond acceptors (Lipinski definition) is 6. The Morgan fingerprint density at radius 1 is 1.16 bits per heavy atom. The average molecular weight is 569 g/mol. The molecule has 1 unspecified atom stereocenters. The van der Waals surface area contributed by atoms with Crippen molar-refractivity contribution in [2.45, 2.75) is 71.2 Å². The average Bonchev–Trinajstić information content (AvgIpc) is 2.81. The van der Waals surface area contributed by atoms with Crippen LogP contribution >= 0.6 is 23.2 Å². The second-order valence-electron chi connectivity index (χ2n) is 11.0. The Hall–Kier alpha value is -2.49. The van der Waals surface area contributed by atoms with Crippen LogP contribution in [0.15, 0.2) is 24.0 Å². The van der Waals surface area contributed by atoms with Gasteiger partial charge in [0, 0.05) is 48.8 Å². The minimum absolute atomic E-state index is 0.000935. The van der Waals surface area contributed by atoms with Crippen molar-refractivity contribution in [2.75, 3.05) is 25.1 Å². The van der Waals surface area contributed by atoms with Crippen LogP contribution in [0.3, 0.4) is 0 Å². The van der Waals surface area contributed by atoms with Gasteiger partial charge in [-0.3, -0.25) is 0 Å². The van der Waals surface area contributed by atoms with Crippen LogP contribution in [0, 0.1) is 5.82 Å². The molecule has 4 rings (SSSR count). The zero-order valence-electron chi connectivity index (χ0n) is 22.5. The molecule has 2 aromatic rings. The largest absolute Gasteiger partial charge is 0.444 e. The predicted octanol–water partition coefficient (Wildman–Crippen LogP) is 6.96. The van der Waals surface area contributed by atoms with Crippen LogP contribution in [0.25, 0.3) is 16.5 Å². The second kappa shape index (κ2) is 10.2. The Balaban J connectivity index is 1.80. The van der Waals surface area contributed by atoms with Gasteiger partial charge in [-0.1, -0.05) is 17.7 Å². The first-order valence-electron chi connectivity index (χ1n) is 12.4. The van der Waals surface area contributed by atoms with Gasteiger partial charge >= 0.3 is 6.09 Å². The SMILES string of the molecule is COC1(C)CC=CC(F)=C1c1c(Cl)cc2c(N3C[C@@H](C)N(C(=O)OC(C)(C)C)C[C@@H]3C)nc(Cl)nc2c1F. The molecule has 206 valence electrons. The summed E-state index contributed by atoms with van der Waals surface area (Å²) >= 11 is 12.9. The highest BCUT2D eigenvalue weighted by atomic mass is 35.5. The van der Waals surface area contributed by atoms with Crippen molar-refractivity contribution in [2.24, 2.45) is 0 Å². The van der Waals surface area contributed by atoms with E-state index in [-0.39, 0.29) is 39.0 Å². The number of aromatic nitrogens is 2. The molecule has 7 nitrogen and oxygen atoms in total. The van der Waals surface area contributed by atoms with Gasteiger partial charge in [0.25, 0.3) is 0 Å². The van der Waals surface area contributed by atoms with Gasteiger partial charge in [0.2, 0.25) is 5.28 Å². The fourth-order valence-electron chi connectivity index (χ4n) is 4.99. The highest BCUT2D eigenvalue weighted by molar-refractivity contribution is 6.34. The van der Waals surface area contributed by atoms with Gasteiger partial charge < -0.3 is 19.3 Å². The number of methoxy groups -OCH3 is 1. The first kappa shape index (κ1) is 28.5. The summed E-state index contributed by atoms with van der Waals surface area (Å²) in [5.41, 5.74) is -1.94. The molecule has 1 saturated heterocycles. The van der Waals surface area contributed by atoms with Gasteiger partial charge in [0.15, 0.2) is 5.82 Å². The number of rotatable bonds is 3. The molecule has 0 bridgehead atoms. The fourth-order valence-corrected chi connectivity index (χ4v) is 5.44. The number of amides is 1. The number of nitrogens with zero attached hydrogens (tertiary/aromatic N) is 4. The number of allylic oxidation sites excluding steroid dienone is 2. The quantitative estimate of drug-likeness (QED) is 0.373. The highest BCUT2D eigenvalue weighted by Crippen LogP contribution is 2.45. The summed E-state index contributed by atoms with van der Waals surface area (Å²) in [5.74, 6) is -1.07. The summed E-state index contributed by atoms with van der Waals surface area (Å²) in [7, 11) is 1.44. The lowest BCUT2D eigenvalue weighted by molar-refractivity contribution is 0.0130. The molecule has 0 radical (unpaired) electrons. The molecule has 1 fully saturated rings. The second-order valence-corrected chi connectivity index (χ2v) is 11.8. The van der Waals surface area contributed by atoms with E-state index >= 15 is 8.78 Å². The van der Waals surface area contributed by atoms with Crippen LogP contribution in [0.1, 0.15) is 53.5 Å². The number of hydrogen-bond donors (Lipinski definition) is 0. The predicted molar refractivity (Wildman–Crippen MR) is 146 cm³/mol. The fraction of sp³-hybridized carbons (Fsp3) is 0.519. The van der Waals surface area contributed by atoms with Gasteiger partial charge in [-0.2, -0.15) is 4.98 Å². The van der Waals surface area contributed by atoms with Crippen molar-refractivity contribution in [3.05, 3.63) is 45.7 Å². The van der Waals surface area contributed by atoms with E-state index in [1.165, 1.54) is 19.3 Å². The van der Waals surface area contributed by atoms with E-state index in [4.69, 9.17) is 32.7 Å². The van der Waals surface area contributed by atoms with Crippen molar-refractivity contribution in [1.29, 1.82) is 0 Å². The molecule has 38 heavy (non-hydrogen) atoms. The van der Waals surface area contributed by atoms with E-state index in [0.29, 0.717) is 30.7 Å². The third-order valence-electron chi connectivity index (χ3n) is 6.96. The lowest BCUT2D eigenvalue weighted by Gasteiger charge is -2.45. The number of fused-ring (bicyclic) bond motifs is 1. The summed E-state index contributed by atoms with van der Waals surface area (Å²) in [6, 6.07) is 1.09. The number of halogens is 4. The van der Waals surface area contributed by atoms with Gasteiger partial charge in [-0.05, 0) is 71.7 Å². The van der Waals surface area contributed by atoms with Crippen molar-refractivity contribution in [3.63, 3.8) is 0 Å². The third kappa shape index (κ3) is 5.20. The molecule has 1 aromatic heterocycles. The molecule has 11 heteroatoms.